The van der Waals surface area contributed by atoms with Gasteiger partial charge in [0.15, 0.2) is 0 Å². The lowest BCUT2D eigenvalue weighted by Gasteiger charge is -2.13. The van der Waals surface area contributed by atoms with E-state index in [-0.39, 0.29) is 11.9 Å². The fourth-order valence-corrected chi connectivity index (χ4v) is 2.42. The average Bonchev–Trinajstić information content (AvgIpc) is 2.99. The molecule has 3 nitrogen and oxygen atoms in total. The zero-order chi connectivity index (χ0) is 14.7. The van der Waals surface area contributed by atoms with E-state index in [1.807, 2.05) is 61.5 Å². The van der Waals surface area contributed by atoms with Crippen LogP contribution in [0.25, 0.3) is 10.8 Å². The van der Waals surface area contributed by atoms with Crippen LogP contribution in [0.4, 0.5) is 0 Å². The third kappa shape index (κ3) is 3.14. The fraction of sp³-hybridized carbons (Fsp3) is 0.167. The summed E-state index contributed by atoms with van der Waals surface area (Å²) < 4.78 is 5.30. The Hall–Kier alpha value is -2.55. The molecule has 0 fully saturated rings. The zero-order valence-electron chi connectivity index (χ0n) is 11.9. The summed E-state index contributed by atoms with van der Waals surface area (Å²) in [5.74, 6) is 0.820. The molecule has 1 N–H and O–H groups in total. The predicted octanol–water partition coefficient (Wildman–Crippen LogP) is 3.79. The minimum absolute atomic E-state index is 0.0233. The monoisotopic (exact) mass is 279 g/mol. The second kappa shape index (κ2) is 5.83. The molecule has 21 heavy (non-hydrogen) atoms. The van der Waals surface area contributed by atoms with Crippen molar-refractivity contribution in [3.05, 3.63) is 72.2 Å². The number of fused-ring (bicyclic) bond motifs is 1. The number of hydrogen-bond acceptors (Lipinski definition) is 2. The molecular weight excluding hydrogens is 262 g/mol. The summed E-state index contributed by atoms with van der Waals surface area (Å²) in [5, 5.41) is 5.21. The van der Waals surface area contributed by atoms with E-state index in [2.05, 4.69) is 5.32 Å². The summed E-state index contributed by atoms with van der Waals surface area (Å²) in [6.07, 6.45) is 2.33. The number of furan rings is 1. The van der Waals surface area contributed by atoms with Crippen LogP contribution in [-0.2, 0) is 6.42 Å². The molecule has 0 aliphatic carbocycles. The molecule has 1 aromatic heterocycles. The van der Waals surface area contributed by atoms with Crippen molar-refractivity contribution in [3.8, 4) is 0 Å². The van der Waals surface area contributed by atoms with E-state index >= 15 is 0 Å². The lowest BCUT2D eigenvalue weighted by molar-refractivity contribution is 0.0939. The van der Waals surface area contributed by atoms with E-state index in [1.165, 1.54) is 0 Å². The molecule has 0 radical (unpaired) electrons. The second-order valence-corrected chi connectivity index (χ2v) is 5.22. The molecule has 0 saturated carbocycles. The molecule has 0 saturated heterocycles. The van der Waals surface area contributed by atoms with Crippen LogP contribution in [0.5, 0.6) is 0 Å². The number of rotatable bonds is 4. The third-order valence-electron chi connectivity index (χ3n) is 3.48. The fourth-order valence-electron chi connectivity index (χ4n) is 2.42. The van der Waals surface area contributed by atoms with Crippen LogP contribution in [0, 0.1) is 0 Å². The second-order valence-electron chi connectivity index (χ2n) is 5.22. The molecule has 2 aromatic carbocycles. The minimum atomic E-state index is -0.0557. The van der Waals surface area contributed by atoms with Crippen molar-refractivity contribution < 1.29 is 9.21 Å². The van der Waals surface area contributed by atoms with Crippen molar-refractivity contribution in [1.82, 2.24) is 5.32 Å². The first-order valence-corrected chi connectivity index (χ1v) is 7.04. The number of hydrogen-bond donors (Lipinski definition) is 1. The van der Waals surface area contributed by atoms with E-state index in [9.17, 15) is 4.79 Å². The van der Waals surface area contributed by atoms with Crippen LogP contribution in [-0.4, -0.2) is 11.9 Å². The molecule has 1 atom stereocenters. The van der Waals surface area contributed by atoms with Gasteiger partial charge in [0.25, 0.3) is 5.91 Å². The zero-order valence-corrected chi connectivity index (χ0v) is 11.9. The molecule has 1 heterocycles. The highest BCUT2D eigenvalue weighted by Gasteiger charge is 2.11. The van der Waals surface area contributed by atoms with Gasteiger partial charge in [-0.15, -0.1) is 0 Å². The normalized spacial score (nSPS) is 12.2. The molecule has 0 bridgehead atoms. The van der Waals surface area contributed by atoms with Crippen LogP contribution >= 0.6 is 0 Å². The number of amides is 1. The van der Waals surface area contributed by atoms with E-state index in [0.29, 0.717) is 12.0 Å². The molecule has 3 rings (SSSR count). The third-order valence-corrected chi connectivity index (χ3v) is 3.48. The van der Waals surface area contributed by atoms with Crippen LogP contribution in [0.3, 0.4) is 0 Å². The van der Waals surface area contributed by atoms with Gasteiger partial charge in [-0.05, 0) is 42.0 Å². The number of carbonyl (C=O) groups is 1. The van der Waals surface area contributed by atoms with Crippen molar-refractivity contribution in [2.75, 3.05) is 0 Å². The largest absolute Gasteiger partial charge is 0.469 e. The van der Waals surface area contributed by atoms with Gasteiger partial charge in [-0.2, -0.15) is 0 Å². The SMILES string of the molecule is CC(Cc1ccco1)NC(=O)c1ccc2ccccc2c1. The van der Waals surface area contributed by atoms with E-state index in [1.54, 1.807) is 6.26 Å². The molecular formula is C18H17NO2. The van der Waals surface area contributed by atoms with Gasteiger partial charge < -0.3 is 9.73 Å². The topological polar surface area (TPSA) is 42.2 Å². The van der Waals surface area contributed by atoms with Gasteiger partial charge in [-0.1, -0.05) is 30.3 Å². The smallest absolute Gasteiger partial charge is 0.251 e. The highest BCUT2D eigenvalue weighted by molar-refractivity contribution is 5.98. The first-order valence-electron chi connectivity index (χ1n) is 7.04. The Labute approximate surface area is 123 Å². The Morgan fingerprint density at radius 1 is 1.10 bits per heavy atom. The molecule has 0 aliphatic rings. The quantitative estimate of drug-likeness (QED) is 0.789. The summed E-state index contributed by atoms with van der Waals surface area (Å²) in [4.78, 5) is 12.3. The summed E-state index contributed by atoms with van der Waals surface area (Å²) in [6.45, 7) is 1.97. The van der Waals surface area contributed by atoms with Gasteiger partial charge in [-0.3, -0.25) is 4.79 Å². The Kier molecular flexibility index (Phi) is 3.73. The molecule has 0 aliphatic heterocycles. The standard InChI is InChI=1S/C18H17NO2/c1-13(11-17-7-4-10-21-17)19-18(20)16-9-8-14-5-2-3-6-15(14)12-16/h2-10,12-13H,11H2,1H3,(H,19,20). The molecule has 3 aromatic rings. The van der Waals surface area contributed by atoms with Gasteiger partial charge in [-0.25, -0.2) is 0 Å². The molecule has 1 amide bonds. The average molecular weight is 279 g/mol. The lowest BCUT2D eigenvalue weighted by atomic mass is 10.1. The van der Waals surface area contributed by atoms with Crippen LogP contribution in [0.15, 0.2) is 65.3 Å². The van der Waals surface area contributed by atoms with Crippen LogP contribution in [0.2, 0.25) is 0 Å². The Bertz CT molecular complexity index is 747. The number of benzene rings is 2. The van der Waals surface area contributed by atoms with Crippen molar-refractivity contribution in [2.45, 2.75) is 19.4 Å². The van der Waals surface area contributed by atoms with E-state index < -0.39 is 0 Å². The van der Waals surface area contributed by atoms with Crippen LogP contribution in [0.1, 0.15) is 23.0 Å². The summed E-state index contributed by atoms with van der Waals surface area (Å²) >= 11 is 0. The molecule has 3 heteroatoms. The molecule has 0 spiro atoms. The summed E-state index contributed by atoms with van der Waals surface area (Å²) in [5.41, 5.74) is 0.681. The lowest BCUT2D eigenvalue weighted by Crippen LogP contribution is -2.33. The number of carbonyl (C=O) groups excluding carboxylic acids is 1. The van der Waals surface area contributed by atoms with E-state index in [4.69, 9.17) is 4.42 Å². The predicted molar refractivity (Wildman–Crippen MR) is 83.3 cm³/mol. The minimum Gasteiger partial charge on any atom is -0.469 e. The maximum atomic E-state index is 12.3. The highest BCUT2D eigenvalue weighted by Crippen LogP contribution is 2.15. The highest BCUT2D eigenvalue weighted by atomic mass is 16.3. The Balaban J connectivity index is 1.71. The van der Waals surface area contributed by atoms with Crippen molar-refractivity contribution in [2.24, 2.45) is 0 Å². The van der Waals surface area contributed by atoms with Crippen LogP contribution < -0.4 is 5.32 Å². The van der Waals surface area contributed by atoms with Crippen molar-refractivity contribution >= 4 is 16.7 Å². The van der Waals surface area contributed by atoms with Gasteiger partial charge >= 0.3 is 0 Å². The summed E-state index contributed by atoms with van der Waals surface area (Å²) in [7, 11) is 0. The number of nitrogens with one attached hydrogen (secondary N) is 1. The first kappa shape index (κ1) is 13.4. The van der Waals surface area contributed by atoms with E-state index in [0.717, 1.165) is 16.5 Å². The Morgan fingerprint density at radius 2 is 1.90 bits per heavy atom. The van der Waals surface area contributed by atoms with Gasteiger partial charge in [0, 0.05) is 18.0 Å². The van der Waals surface area contributed by atoms with Gasteiger partial charge in [0.05, 0.1) is 6.26 Å². The molecule has 1 unspecified atom stereocenters. The van der Waals surface area contributed by atoms with Gasteiger partial charge in [0.1, 0.15) is 5.76 Å². The molecule has 106 valence electrons. The summed E-state index contributed by atoms with van der Waals surface area (Å²) in [6, 6.07) is 17.6. The van der Waals surface area contributed by atoms with Crippen molar-refractivity contribution in [3.63, 3.8) is 0 Å². The maximum absolute atomic E-state index is 12.3. The Morgan fingerprint density at radius 3 is 2.67 bits per heavy atom. The first-order chi connectivity index (χ1) is 10.2. The van der Waals surface area contributed by atoms with Crippen molar-refractivity contribution in [1.29, 1.82) is 0 Å². The van der Waals surface area contributed by atoms with Gasteiger partial charge in [0.2, 0.25) is 0 Å². The maximum Gasteiger partial charge on any atom is 0.251 e.